The van der Waals surface area contributed by atoms with Gasteiger partial charge in [-0.3, -0.25) is 14.5 Å². The number of hydrogen-bond donors (Lipinski definition) is 3. The van der Waals surface area contributed by atoms with Gasteiger partial charge in [-0.15, -0.1) is 0 Å². The topological polar surface area (TPSA) is 98.9 Å². The number of aliphatic hydroxyl groups excluding tert-OH is 1. The molecule has 2 fully saturated rings. The highest BCUT2D eigenvalue weighted by atomic mass is 19.2. The van der Waals surface area contributed by atoms with Crippen LogP contribution in [-0.2, 0) is 9.59 Å². The number of amides is 2. The first-order valence-corrected chi connectivity index (χ1v) is 11.7. The monoisotopic (exact) mass is 466 g/mol. The largest absolute Gasteiger partial charge is 0.391 e. The second kappa shape index (κ2) is 10.4. The zero-order chi connectivity index (χ0) is 24.3. The molecule has 1 saturated carbocycles. The lowest BCUT2D eigenvalue weighted by molar-refractivity contribution is -0.126. The lowest BCUT2D eigenvalue weighted by Crippen LogP contribution is -2.64. The van der Waals surface area contributed by atoms with Crippen LogP contribution in [0.4, 0.5) is 14.5 Å². The molecule has 4 N–H and O–H groups in total. The third kappa shape index (κ3) is 6.07. The molecule has 3 atom stereocenters. The molecule has 1 aromatic carbocycles. The molecular weight excluding hydrogens is 430 g/mol. The molecule has 0 aromatic heterocycles. The molecular formula is C24H36F2N4O3. The highest BCUT2D eigenvalue weighted by Gasteiger charge is 2.40. The molecule has 1 saturated heterocycles. The molecule has 7 nitrogen and oxygen atoms in total. The van der Waals surface area contributed by atoms with Crippen molar-refractivity contribution in [3.63, 3.8) is 0 Å². The lowest BCUT2D eigenvalue weighted by atomic mass is 9.94. The average molecular weight is 467 g/mol. The molecule has 0 bridgehead atoms. The fourth-order valence-electron chi connectivity index (χ4n) is 4.70. The number of anilines is 1. The smallest absolute Gasteiger partial charge is 0.241 e. The molecule has 1 aromatic rings. The average Bonchev–Trinajstić information content (AvgIpc) is 3.25. The number of nitrogens with two attached hydrogens (primary N) is 1. The van der Waals surface area contributed by atoms with Crippen molar-refractivity contribution >= 4 is 17.5 Å². The summed E-state index contributed by atoms with van der Waals surface area (Å²) < 4.78 is 27.9. The van der Waals surface area contributed by atoms with E-state index in [-0.39, 0.29) is 55.5 Å². The Bertz CT molecular complexity index is 860. The fraction of sp³-hybridized carbons (Fsp3) is 0.667. The summed E-state index contributed by atoms with van der Waals surface area (Å²) in [5.41, 5.74) is 5.59. The van der Waals surface area contributed by atoms with E-state index in [1.54, 1.807) is 6.92 Å². The molecule has 184 valence electrons. The standard InChI is InChI=1S/C24H36F2N4O3/c1-15(23(33)28-16-7-4-5-8-16)11-20(31)18(27)12-29-13-21(32)30(14-24(29,2)3)19-10-6-9-17(25)22(19)26/h6,9-10,15-16,18,20,31H,4-5,7-8,11-14,27H2,1-3H3,(H,28,33)/t15-,18+,20+/m1/s1. The van der Waals surface area contributed by atoms with E-state index in [0.29, 0.717) is 0 Å². The van der Waals surface area contributed by atoms with Crippen LogP contribution in [0.3, 0.4) is 0 Å². The number of nitrogens with one attached hydrogen (secondary N) is 1. The lowest BCUT2D eigenvalue weighted by Gasteiger charge is -2.47. The summed E-state index contributed by atoms with van der Waals surface area (Å²) >= 11 is 0. The van der Waals surface area contributed by atoms with Gasteiger partial charge in [0.25, 0.3) is 0 Å². The van der Waals surface area contributed by atoms with Crippen molar-refractivity contribution in [1.82, 2.24) is 10.2 Å². The van der Waals surface area contributed by atoms with E-state index in [0.717, 1.165) is 31.7 Å². The van der Waals surface area contributed by atoms with Crippen LogP contribution >= 0.6 is 0 Å². The summed E-state index contributed by atoms with van der Waals surface area (Å²) in [4.78, 5) is 28.3. The van der Waals surface area contributed by atoms with Gasteiger partial charge in [-0.25, -0.2) is 8.78 Å². The Kier molecular flexibility index (Phi) is 8.08. The van der Waals surface area contributed by atoms with Crippen molar-refractivity contribution in [1.29, 1.82) is 0 Å². The van der Waals surface area contributed by atoms with E-state index in [4.69, 9.17) is 5.73 Å². The quantitative estimate of drug-likeness (QED) is 0.545. The Morgan fingerprint density at radius 1 is 1.30 bits per heavy atom. The van der Waals surface area contributed by atoms with Crippen molar-refractivity contribution < 1.29 is 23.5 Å². The Labute approximate surface area is 194 Å². The van der Waals surface area contributed by atoms with Crippen molar-refractivity contribution in [3.05, 3.63) is 29.8 Å². The number of aliphatic hydroxyl groups is 1. The van der Waals surface area contributed by atoms with E-state index < -0.39 is 29.3 Å². The normalized spacial score (nSPS) is 22.3. The van der Waals surface area contributed by atoms with Crippen molar-refractivity contribution in [3.8, 4) is 0 Å². The SMILES string of the molecule is C[C@H](C[C@H](O)[C@@H](N)CN1CC(=O)N(c2cccc(F)c2F)CC1(C)C)C(=O)NC1CCCC1. The first kappa shape index (κ1) is 25.5. The summed E-state index contributed by atoms with van der Waals surface area (Å²) in [6.45, 7) is 5.90. The maximum absolute atomic E-state index is 14.3. The second-order valence-electron chi connectivity index (χ2n) is 10.1. The second-order valence-corrected chi connectivity index (χ2v) is 10.1. The molecule has 2 aliphatic rings. The number of halogens is 2. The van der Waals surface area contributed by atoms with Gasteiger partial charge in [0.15, 0.2) is 11.6 Å². The number of carbonyl (C=O) groups is 2. The molecule has 1 aliphatic heterocycles. The Morgan fingerprint density at radius 3 is 2.64 bits per heavy atom. The minimum atomic E-state index is -1.05. The number of rotatable bonds is 8. The number of piperazine rings is 1. The molecule has 2 amide bonds. The molecule has 0 spiro atoms. The maximum atomic E-state index is 14.3. The van der Waals surface area contributed by atoms with Gasteiger partial charge >= 0.3 is 0 Å². The van der Waals surface area contributed by atoms with Crippen LogP contribution in [-0.4, -0.2) is 65.2 Å². The number of nitrogens with zero attached hydrogens (tertiary/aromatic N) is 2. The Balaban J connectivity index is 1.57. The van der Waals surface area contributed by atoms with Gasteiger partial charge in [-0.2, -0.15) is 0 Å². The predicted octanol–water partition coefficient (Wildman–Crippen LogP) is 2.17. The Hall–Kier alpha value is -2.10. The first-order valence-electron chi connectivity index (χ1n) is 11.7. The zero-order valence-electron chi connectivity index (χ0n) is 19.7. The van der Waals surface area contributed by atoms with Crippen molar-refractivity contribution in [2.24, 2.45) is 11.7 Å². The molecule has 0 radical (unpaired) electrons. The van der Waals surface area contributed by atoms with Crippen LogP contribution in [0.5, 0.6) is 0 Å². The van der Waals surface area contributed by atoms with Gasteiger partial charge in [0.1, 0.15) is 0 Å². The Morgan fingerprint density at radius 2 is 1.97 bits per heavy atom. The predicted molar refractivity (Wildman–Crippen MR) is 123 cm³/mol. The molecule has 1 heterocycles. The van der Waals surface area contributed by atoms with E-state index >= 15 is 0 Å². The van der Waals surface area contributed by atoms with E-state index in [2.05, 4.69) is 5.32 Å². The fourth-order valence-corrected chi connectivity index (χ4v) is 4.70. The van der Waals surface area contributed by atoms with Gasteiger partial charge in [-0.1, -0.05) is 25.8 Å². The van der Waals surface area contributed by atoms with E-state index in [1.807, 2.05) is 18.7 Å². The first-order chi connectivity index (χ1) is 15.5. The van der Waals surface area contributed by atoms with Gasteiger partial charge in [-0.05, 0) is 45.2 Å². The van der Waals surface area contributed by atoms with Crippen LogP contribution in [0.15, 0.2) is 18.2 Å². The third-order valence-corrected chi connectivity index (χ3v) is 6.92. The number of hydrogen-bond acceptors (Lipinski definition) is 5. The van der Waals surface area contributed by atoms with Crippen LogP contribution in [0.25, 0.3) is 0 Å². The summed E-state index contributed by atoms with van der Waals surface area (Å²) in [5.74, 6) is -2.88. The molecule has 9 heteroatoms. The maximum Gasteiger partial charge on any atom is 0.241 e. The summed E-state index contributed by atoms with van der Waals surface area (Å²) in [5, 5.41) is 13.7. The van der Waals surface area contributed by atoms with Crippen molar-refractivity contribution in [2.45, 2.75) is 76.6 Å². The van der Waals surface area contributed by atoms with Gasteiger partial charge in [0.05, 0.1) is 18.3 Å². The van der Waals surface area contributed by atoms with E-state index in [9.17, 15) is 23.5 Å². The highest BCUT2D eigenvalue weighted by molar-refractivity contribution is 5.96. The zero-order valence-corrected chi connectivity index (χ0v) is 19.7. The van der Waals surface area contributed by atoms with Crippen molar-refractivity contribution in [2.75, 3.05) is 24.5 Å². The minimum absolute atomic E-state index is 0.0406. The van der Waals surface area contributed by atoms with Gasteiger partial charge in [0.2, 0.25) is 11.8 Å². The summed E-state index contributed by atoms with van der Waals surface area (Å²) in [7, 11) is 0. The van der Waals surface area contributed by atoms with Crippen LogP contribution in [0.2, 0.25) is 0 Å². The molecule has 1 aliphatic carbocycles. The van der Waals surface area contributed by atoms with Crippen LogP contribution < -0.4 is 16.0 Å². The highest BCUT2D eigenvalue weighted by Crippen LogP contribution is 2.29. The van der Waals surface area contributed by atoms with Gasteiger partial charge in [0, 0.05) is 36.6 Å². The van der Waals surface area contributed by atoms with E-state index in [1.165, 1.54) is 17.0 Å². The number of carbonyl (C=O) groups excluding carboxylic acids is 2. The van der Waals surface area contributed by atoms with Crippen LogP contribution in [0, 0.1) is 17.6 Å². The third-order valence-electron chi connectivity index (χ3n) is 6.92. The minimum Gasteiger partial charge on any atom is -0.391 e. The van der Waals surface area contributed by atoms with Gasteiger partial charge < -0.3 is 21.1 Å². The summed E-state index contributed by atoms with van der Waals surface area (Å²) in [6, 6.07) is 3.32. The van der Waals surface area contributed by atoms with Crippen LogP contribution in [0.1, 0.15) is 52.9 Å². The molecule has 0 unspecified atom stereocenters. The summed E-state index contributed by atoms with van der Waals surface area (Å²) in [6.07, 6.45) is 3.55. The molecule has 3 rings (SSSR count). The molecule has 33 heavy (non-hydrogen) atoms. The number of benzene rings is 1.